The van der Waals surface area contributed by atoms with Crippen molar-refractivity contribution in [2.75, 3.05) is 18.1 Å². The Morgan fingerprint density at radius 2 is 1.60 bits per heavy atom. The van der Waals surface area contributed by atoms with E-state index in [1.165, 1.54) is 24.3 Å². The van der Waals surface area contributed by atoms with E-state index in [1.807, 2.05) is 12.1 Å². The Morgan fingerprint density at radius 1 is 1.00 bits per heavy atom. The van der Waals surface area contributed by atoms with Crippen molar-refractivity contribution in [1.82, 2.24) is 0 Å². The molecule has 1 aliphatic rings. The molecule has 3 aromatic rings. The SMILES string of the molecule is CS(=O)(=O)Cc1cc(F)cc2c1NCC2C(c1ccc(F)cc1)c1ccc(Cl)cc1. The monoisotopic (exact) mass is 447 g/mol. The molecule has 2 unspecified atom stereocenters. The van der Waals surface area contributed by atoms with Crippen LogP contribution in [0.4, 0.5) is 14.5 Å². The molecule has 0 aliphatic carbocycles. The predicted octanol–water partition coefficient (Wildman–Crippen LogP) is 5.50. The molecule has 0 saturated carbocycles. The summed E-state index contributed by atoms with van der Waals surface area (Å²) in [5.74, 6) is -1.41. The number of hydrogen-bond donors (Lipinski definition) is 1. The average molecular weight is 448 g/mol. The molecule has 156 valence electrons. The minimum Gasteiger partial charge on any atom is -0.384 e. The third-order valence-electron chi connectivity index (χ3n) is 5.39. The summed E-state index contributed by atoms with van der Waals surface area (Å²) in [6, 6.07) is 16.4. The molecule has 0 aromatic heterocycles. The molecule has 3 nitrogen and oxygen atoms in total. The molecule has 0 radical (unpaired) electrons. The molecule has 0 saturated heterocycles. The fraction of sp³-hybridized carbons (Fsp3) is 0.217. The number of nitrogens with one attached hydrogen (secondary N) is 1. The minimum atomic E-state index is -3.33. The first-order valence-corrected chi connectivity index (χ1v) is 11.9. The summed E-state index contributed by atoms with van der Waals surface area (Å²) >= 11 is 6.06. The van der Waals surface area contributed by atoms with Crippen LogP contribution in [0.15, 0.2) is 60.7 Å². The standard InChI is InChI=1S/C23H20ClF2NO2S/c1-30(28,29)13-16-10-19(26)11-20-21(12-27-23(16)20)22(14-2-6-17(24)7-3-14)15-4-8-18(25)9-5-15/h2-11,21-22,27H,12-13H2,1H3. The lowest BCUT2D eigenvalue weighted by Crippen LogP contribution is -2.15. The van der Waals surface area contributed by atoms with E-state index in [0.29, 0.717) is 22.8 Å². The normalized spacial score (nSPS) is 16.7. The zero-order valence-corrected chi connectivity index (χ0v) is 17.8. The number of fused-ring (bicyclic) bond motifs is 1. The van der Waals surface area contributed by atoms with Crippen LogP contribution in [0.1, 0.15) is 34.1 Å². The maximum atomic E-state index is 14.5. The van der Waals surface area contributed by atoms with Crippen LogP contribution in [0.25, 0.3) is 0 Å². The summed E-state index contributed by atoms with van der Waals surface area (Å²) < 4.78 is 51.7. The third-order valence-corrected chi connectivity index (χ3v) is 6.48. The van der Waals surface area contributed by atoms with Gasteiger partial charge in [0.2, 0.25) is 0 Å². The number of halogens is 3. The topological polar surface area (TPSA) is 46.2 Å². The highest BCUT2D eigenvalue weighted by atomic mass is 35.5. The van der Waals surface area contributed by atoms with E-state index in [4.69, 9.17) is 11.6 Å². The minimum absolute atomic E-state index is 0.166. The van der Waals surface area contributed by atoms with Crippen molar-refractivity contribution in [3.8, 4) is 0 Å². The summed E-state index contributed by atoms with van der Waals surface area (Å²) in [6.45, 7) is 0.500. The van der Waals surface area contributed by atoms with Gasteiger partial charge in [-0.2, -0.15) is 0 Å². The molecule has 1 heterocycles. The van der Waals surface area contributed by atoms with Crippen molar-refractivity contribution in [1.29, 1.82) is 0 Å². The molecule has 0 fully saturated rings. The number of sulfone groups is 1. The first-order chi connectivity index (χ1) is 14.2. The van der Waals surface area contributed by atoms with Gasteiger partial charge in [0, 0.05) is 35.3 Å². The fourth-order valence-corrected chi connectivity index (χ4v) is 5.13. The molecule has 7 heteroatoms. The number of rotatable bonds is 5. The van der Waals surface area contributed by atoms with Crippen LogP contribution in [0.5, 0.6) is 0 Å². The third kappa shape index (κ3) is 4.35. The van der Waals surface area contributed by atoms with Gasteiger partial charge in [0.05, 0.1) is 5.75 Å². The van der Waals surface area contributed by atoms with Crippen LogP contribution < -0.4 is 5.32 Å². The van der Waals surface area contributed by atoms with Gasteiger partial charge in [-0.3, -0.25) is 0 Å². The highest BCUT2D eigenvalue weighted by molar-refractivity contribution is 7.89. The molecule has 0 amide bonds. The Kier molecular flexibility index (Phi) is 5.55. The van der Waals surface area contributed by atoms with Gasteiger partial charge in [0.1, 0.15) is 11.6 Å². The van der Waals surface area contributed by atoms with Crippen molar-refractivity contribution in [3.63, 3.8) is 0 Å². The van der Waals surface area contributed by atoms with Crippen molar-refractivity contribution < 1.29 is 17.2 Å². The maximum absolute atomic E-state index is 14.5. The Morgan fingerprint density at radius 3 is 2.20 bits per heavy atom. The summed E-state index contributed by atoms with van der Waals surface area (Å²) in [4.78, 5) is 0. The molecule has 1 N–H and O–H groups in total. The van der Waals surface area contributed by atoms with Crippen molar-refractivity contribution in [3.05, 3.63) is 99.6 Å². The van der Waals surface area contributed by atoms with Crippen LogP contribution in [0.3, 0.4) is 0 Å². The lowest BCUT2D eigenvalue weighted by molar-refractivity contribution is 0.599. The van der Waals surface area contributed by atoms with Gasteiger partial charge >= 0.3 is 0 Å². The number of hydrogen-bond acceptors (Lipinski definition) is 3. The smallest absolute Gasteiger partial charge is 0.151 e. The second-order valence-electron chi connectivity index (χ2n) is 7.67. The van der Waals surface area contributed by atoms with Gasteiger partial charge in [0.15, 0.2) is 9.84 Å². The Balaban J connectivity index is 1.84. The zero-order valence-electron chi connectivity index (χ0n) is 16.2. The highest BCUT2D eigenvalue weighted by Crippen LogP contribution is 2.46. The van der Waals surface area contributed by atoms with Gasteiger partial charge in [-0.25, -0.2) is 17.2 Å². The largest absolute Gasteiger partial charge is 0.384 e. The molecule has 1 aliphatic heterocycles. The van der Waals surface area contributed by atoms with E-state index in [-0.39, 0.29) is 23.4 Å². The summed E-state index contributed by atoms with van der Waals surface area (Å²) in [7, 11) is -3.33. The highest BCUT2D eigenvalue weighted by Gasteiger charge is 2.34. The number of anilines is 1. The van der Waals surface area contributed by atoms with E-state index in [0.717, 1.165) is 22.9 Å². The van der Waals surface area contributed by atoms with E-state index in [2.05, 4.69) is 5.32 Å². The fourth-order valence-electron chi connectivity index (χ4n) is 4.21. The van der Waals surface area contributed by atoms with E-state index in [9.17, 15) is 17.2 Å². The van der Waals surface area contributed by atoms with Crippen molar-refractivity contribution in [2.45, 2.75) is 17.6 Å². The van der Waals surface area contributed by atoms with E-state index >= 15 is 0 Å². The van der Waals surface area contributed by atoms with Gasteiger partial charge in [-0.05, 0) is 58.7 Å². The molecule has 0 spiro atoms. The van der Waals surface area contributed by atoms with Gasteiger partial charge in [0.25, 0.3) is 0 Å². The van der Waals surface area contributed by atoms with E-state index in [1.54, 1.807) is 24.3 Å². The molecule has 2 atom stereocenters. The Bertz CT molecular complexity index is 1130. The van der Waals surface area contributed by atoms with Crippen LogP contribution in [-0.4, -0.2) is 21.2 Å². The first-order valence-electron chi connectivity index (χ1n) is 9.46. The molecular weight excluding hydrogens is 428 g/mol. The average Bonchev–Trinajstić information content (AvgIpc) is 3.07. The number of benzene rings is 3. The quantitative estimate of drug-likeness (QED) is 0.561. The Hall–Kier alpha value is -2.44. The predicted molar refractivity (Wildman–Crippen MR) is 116 cm³/mol. The first kappa shape index (κ1) is 20.8. The maximum Gasteiger partial charge on any atom is 0.151 e. The zero-order chi connectivity index (χ0) is 21.5. The van der Waals surface area contributed by atoms with Crippen molar-refractivity contribution in [2.24, 2.45) is 0 Å². The summed E-state index contributed by atoms with van der Waals surface area (Å²) in [5.41, 5.74) is 3.64. The molecular formula is C23H20ClF2NO2S. The molecule has 4 rings (SSSR count). The second-order valence-corrected chi connectivity index (χ2v) is 10.2. The lowest BCUT2D eigenvalue weighted by Gasteiger charge is -2.25. The summed E-state index contributed by atoms with van der Waals surface area (Å²) in [5, 5.41) is 3.88. The van der Waals surface area contributed by atoms with Gasteiger partial charge in [-0.1, -0.05) is 35.9 Å². The molecule has 0 bridgehead atoms. The van der Waals surface area contributed by atoms with Gasteiger partial charge < -0.3 is 5.32 Å². The molecule has 30 heavy (non-hydrogen) atoms. The van der Waals surface area contributed by atoms with Crippen LogP contribution >= 0.6 is 11.6 Å². The van der Waals surface area contributed by atoms with E-state index < -0.39 is 15.7 Å². The second kappa shape index (κ2) is 8.00. The van der Waals surface area contributed by atoms with Crippen LogP contribution in [0, 0.1) is 11.6 Å². The van der Waals surface area contributed by atoms with Crippen LogP contribution in [0.2, 0.25) is 5.02 Å². The van der Waals surface area contributed by atoms with Crippen LogP contribution in [-0.2, 0) is 15.6 Å². The van der Waals surface area contributed by atoms with Crippen molar-refractivity contribution >= 4 is 27.1 Å². The van der Waals surface area contributed by atoms with Gasteiger partial charge in [-0.15, -0.1) is 0 Å². The summed E-state index contributed by atoms with van der Waals surface area (Å²) in [6.07, 6.45) is 1.13. The molecule has 3 aromatic carbocycles. The lowest BCUT2D eigenvalue weighted by atomic mass is 9.78. The Labute approximate surface area is 179 Å².